The molecule has 0 radical (unpaired) electrons. The zero-order chi connectivity index (χ0) is 19.4. The highest BCUT2D eigenvalue weighted by molar-refractivity contribution is 6.31. The number of carboxylic acid groups (broad SMARTS) is 1. The van der Waals surface area contributed by atoms with E-state index in [0.717, 1.165) is 29.2 Å². The third kappa shape index (κ3) is 5.15. The van der Waals surface area contributed by atoms with E-state index in [1.165, 1.54) is 11.1 Å². The molecular weight excluding hydrogens is 364 g/mol. The molecular formula is C21H25ClN2O3. The van der Waals surface area contributed by atoms with Crippen molar-refractivity contribution < 1.29 is 14.6 Å². The van der Waals surface area contributed by atoms with Gasteiger partial charge in [-0.25, -0.2) is 4.79 Å². The maximum atomic E-state index is 10.5. The van der Waals surface area contributed by atoms with E-state index in [4.69, 9.17) is 21.4 Å². The first-order valence-corrected chi connectivity index (χ1v) is 9.56. The number of likely N-dealkylation sites (tertiary alicyclic amines) is 1. The summed E-state index contributed by atoms with van der Waals surface area (Å²) in [5.41, 5.74) is 4.57. The molecule has 0 bridgehead atoms. The number of hydrogen-bond donors (Lipinski definition) is 2. The molecule has 1 fully saturated rings. The van der Waals surface area contributed by atoms with Gasteiger partial charge in [0.05, 0.1) is 6.04 Å². The van der Waals surface area contributed by atoms with Gasteiger partial charge in [-0.2, -0.15) is 0 Å². The lowest BCUT2D eigenvalue weighted by atomic mass is 10.0. The van der Waals surface area contributed by atoms with Crippen LogP contribution < -0.4 is 5.32 Å². The van der Waals surface area contributed by atoms with Crippen molar-refractivity contribution in [3.63, 3.8) is 0 Å². The molecule has 1 aliphatic heterocycles. The Bertz CT molecular complexity index is 806. The fraction of sp³-hybridized carbons (Fsp3) is 0.381. The van der Waals surface area contributed by atoms with Crippen molar-refractivity contribution in [3.8, 4) is 0 Å². The van der Waals surface area contributed by atoms with Crippen LogP contribution in [0.5, 0.6) is 0 Å². The Morgan fingerprint density at radius 1 is 1.33 bits per heavy atom. The van der Waals surface area contributed by atoms with Crippen LogP contribution >= 0.6 is 11.6 Å². The molecule has 1 heterocycles. The summed E-state index contributed by atoms with van der Waals surface area (Å²) in [4.78, 5) is 12.7. The molecule has 6 heteroatoms. The van der Waals surface area contributed by atoms with Crippen molar-refractivity contribution in [3.05, 3.63) is 64.2 Å². The normalized spacial score (nSPS) is 15.8. The average molecular weight is 389 g/mol. The Morgan fingerprint density at radius 3 is 2.78 bits per heavy atom. The van der Waals surface area contributed by atoms with Crippen LogP contribution in [0.4, 0.5) is 10.5 Å². The molecule has 1 atom stereocenters. The van der Waals surface area contributed by atoms with E-state index in [1.54, 1.807) is 0 Å². The highest BCUT2D eigenvalue weighted by atomic mass is 35.5. The van der Waals surface area contributed by atoms with E-state index in [1.807, 2.05) is 19.1 Å². The second-order valence-corrected chi connectivity index (χ2v) is 7.42. The second kappa shape index (κ2) is 8.63. The van der Waals surface area contributed by atoms with E-state index in [-0.39, 0.29) is 12.1 Å². The first-order chi connectivity index (χ1) is 12.9. The predicted octanol–water partition coefficient (Wildman–Crippen LogP) is 5.09. The Morgan fingerprint density at radius 2 is 2.11 bits per heavy atom. The van der Waals surface area contributed by atoms with Crippen LogP contribution in [-0.2, 0) is 11.3 Å². The van der Waals surface area contributed by atoms with Gasteiger partial charge in [0.25, 0.3) is 0 Å². The zero-order valence-corrected chi connectivity index (χ0v) is 16.4. The average Bonchev–Trinajstić information content (AvgIpc) is 2.60. The highest BCUT2D eigenvalue weighted by Crippen LogP contribution is 2.27. The zero-order valence-electron chi connectivity index (χ0n) is 15.6. The van der Waals surface area contributed by atoms with E-state index in [0.29, 0.717) is 13.1 Å². The van der Waals surface area contributed by atoms with Gasteiger partial charge in [-0.1, -0.05) is 42.8 Å². The first-order valence-electron chi connectivity index (χ1n) is 9.18. The van der Waals surface area contributed by atoms with Crippen LogP contribution in [0.3, 0.4) is 0 Å². The SMILES string of the molecule is CCC(Nc1cccc(CN2CC(OC(=O)O)C2)c1)c1ccc(Cl)c(C)c1. The third-order valence-corrected chi connectivity index (χ3v) is 5.28. The number of rotatable bonds is 7. The summed E-state index contributed by atoms with van der Waals surface area (Å²) < 4.78 is 4.77. The molecule has 1 saturated heterocycles. The maximum absolute atomic E-state index is 10.5. The summed E-state index contributed by atoms with van der Waals surface area (Å²) in [5, 5.41) is 13.0. The lowest BCUT2D eigenvalue weighted by Crippen LogP contribution is -2.52. The summed E-state index contributed by atoms with van der Waals surface area (Å²) in [7, 11) is 0. The van der Waals surface area contributed by atoms with Gasteiger partial charge in [-0.3, -0.25) is 4.90 Å². The van der Waals surface area contributed by atoms with Crippen LogP contribution in [0.2, 0.25) is 5.02 Å². The number of nitrogens with one attached hydrogen (secondary N) is 1. The Labute approximate surface area is 164 Å². The molecule has 5 nitrogen and oxygen atoms in total. The lowest BCUT2D eigenvalue weighted by molar-refractivity contribution is -0.0363. The Balaban J connectivity index is 1.61. The highest BCUT2D eigenvalue weighted by Gasteiger charge is 2.29. The molecule has 0 aliphatic carbocycles. The molecule has 0 amide bonds. The molecule has 3 rings (SSSR count). The standard InChI is InChI=1S/C21H25ClN2O3/c1-3-20(16-7-8-19(22)14(2)9-16)23-17-6-4-5-15(10-17)11-24-12-18(13-24)27-21(25)26/h4-10,18,20,23H,3,11-13H2,1-2H3,(H,25,26). The van der Waals surface area contributed by atoms with Gasteiger partial charge in [-0.05, 0) is 48.2 Å². The van der Waals surface area contributed by atoms with Crippen LogP contribution in [-0.4, -0.2) is 35.4 Å². The number of aryl methyl sites for hydroxylation is 1. The molecule has 0 spiro atoms. The van der Waals surface area contributed by atoms with E-state index in [2.05, 4.69) is 47.5 Å². The van der Waals surface area contributed by atoms with Crippen molar-refractivity contribution in [2.45, 2.75) is 39.0 Å². The smallest absolute Gasteiger partial charge is 0.450 e. The van der Waals surface area contributed by atoms with Crippen molar-refractivity contribution in [1.82, 2.24) is 4.90 Å². The molecule has 0 aromatic heterocycles. The van der Waals surface area contributed by atoms with Gasteiger partial charge in [-0.15, -0.1) is 0 Å². The van der Waals surface area contributed by atoms with Gasteiger partial charge in [0.15, 0.2) is 0 Å². The molecule has 2 N–H and O–H groups in total. The van der Waals surface area contributed by atoms with Crippen molar-refractivity contribution >= 4 is 23.4 Å². The second-order valence-electron chi connectivity index (χ2n) is 7.01. The van der Waals surface area contributed by atoms with Crippen molar-refractivity contribution in [1.29, 1.82) is 0 Å². The van der Waals surface area contributed by atoms with Gasteiger partial charge in [0, 0.05) is 30.3 Å². The molecule has 0 saturated carbocycles. The summed E-state index contributed by atoms with van der Waals surface area (Å²) >= 11 is 6.15. The summed E-state index contributed by atoms with van der Waals surface area (Å²) in [5.74, 6) is 0. The van der Waals surface area contributed by atoms with E-state index >= 15 is 0 Å². The van der Waals surface area contributed by atoms with Gasteiger partial charge in [0.1, 0.15) is 6.10 Å². The van der Waals surface area contributed by atoms with Gasteiger partial charge >= 0.3 is 6.16 Å². The Kier molecular flexibility index (Phi) is 6.24. The first kappa shape index (κ1) is 19.5. The maximum Gasteiger partial charge on any atom is 0.506 e. The van der Waals surface area contributed by atoms with Gasteiger partial charge in [0.2, 0.25) is 0 Å². The van der Waals surface area contributed by atoms with Gasteiger partial charge < -0.3 is 15.2 Å². The number of hydrogen-bond acceptors (Lipinski definition) is 4. The van der Waals surface area contributed by atoms with Crippen LogP contribution in [0.25, 0.3) is 0 Å². The van der Waals surface area contributed by atoms with Crippen molar-refractivity contribution in [2.24, 2.45) is 0 Å². The fourth-order valence-corrected chi connectivity index (χ4v) is 3.51. The monoisotopic (exact) mass is 388 g/mol. The molecule has 2 aromatic carbocycles. The molecule has 144 valence electrons. The largest absolute Gasteiger partial charge is 0.506 e. The quantitative estimate of drug-likeness (QED) is 0.647. The molecule has 27 heavy (non-hydrogen) atoms. The number of anilines is 1. The summed E-state index contributed by atoms with van der Waals surface area (Å²) in [6, 6.07) is 14.7. The van der Waals surface area contributed by atoms with Crippen molar-refractivity contribution in [2.75, 3.05) is 18.4 Å². The number of ether oxygens (including phenoxy) is 1. The number of halogens is 1. The predicted molar refractivity (Wildman–Crippen MR) is 107 cm³/mol. The lowest BCUT2D eigenvalue weighted by Gasteiger charge is -2.37. The Hall–Kier alpha value is -2.24. The summed E-state index contributed by atoms with van der Waals surface area (Å²) in [6.07, 6.45) is -0.443. The number of carbonyl (C=O) groups is 1. The summed E-state index contributed by atoms with van der Waals surface area (Å²) in [6.45, 7) is 6.25. The topological polar surface area (TPSA) is 61.8 Å². The number of nitrogens with zero attached hydrogens (tertiary/aromatic N) is 1. The van der Waals surface area contributed by atoms with E-state index in [9.17, 15) is 4.79 Å². The molecule has 1 unspecified atom stereocenters. The minimum absolute atomic E-state index is 0.207. The van der Waals surface area contributed by atoms with Crippen LogP contribution in [0, 0.1) is 6.92 Å². The fourth-order valence-electron chi connectivity index (χ4n) is 3.39. The third-order valence-electron chi connectivity index (χ3n) is 4.86. The molecule has 1 aliphatic rings. The van der Waals surface area contributed by atoms with E-state index < -0.39 is 6.16 Å². The van der Waals surface area contributed by atoms with Crippen LogP contribution in [0.1, 0.15) is 36.1 Å². The minimum atomic E-state index is -1.20. The van der Waals surface area contributed by atoms with Crippen LogP contribution in [0.15, 0.2) is 42.5 Å². The minimum Gasteiger partial charge on any atom is -0.450 e. The molecule has 2 aromatic rings. The number of benzene rings is 2.